The van der Waals surface area contributed by atoms with Crippen LogP contribution in [-0.2, 0) is 16.8 Å². The number of aromatic amines is 1. The van der Waals surface area contributed by atoms with Gasteiger partial charge in [-0.05, 0) is 19.4 Å². The highest BCUT2D eigenvalue weighted by Gasteiger charge is 2.32. The summed E-state index contributed by atoms with van der Waals surface area (Å²) in [6, 6.07) is 9.78. The molecular weight excluding hydrogens is 240 g/mol. The van der Waals surface area contributed by atoms with Gasteiger partial charge in [0.1, 0.15) is 12.2 Å². The number of benzene rings is 1. The molecule has 1 amide bonds. The number of nitrogens with one attached hydrogen (secondary N) is 1. The zero-order chi connectivity index (χ0) is 13.9. The molecule has 0 saturated carbocycles. The number of hydrogen-bond acceptors (Lipinski definition) is 3. The first-order chi connectivity index (χ1) is 9.01. The largest absolute Gasteiger partial charge is 0.337 e. The summed E-state index contributed by atoms with van der Waals surface area (Å²) in [5.74, 6) is 0.731. The summed E-state index contributed by atoms with van der Waals surface area (Å²) in [5.41, 5.74) is 0.445. The molecule has 5 heteroatoms. The number of hydrogen-bond donors (Lipinski definition) is 1. The molecule has 0 fully saturated rings. The van der Waals surface area contributed by atoms with Crippen LogP contribution in [0.15, 0.2) is 36.7 Å². The van der Waals surface area contributed by atoms with Crippen LogP contribution in [0.4, 0.5) is 0 Å². The molecule has 0 spiro atoms. The topological polar surface area (TPSA) is 61.9 Å². The molecule has 0 atom stereocenters. The highest BCUT2D eigenvalue weighted by molar-refractivity contribution is 5.87. The number of aromatic nitrogens is 3. The van der Waals surface area contributed by atoms with Crippen LogP contribution in [0.1, 0.15) is 25.2 Å². The number of carbonyl (C=O) groups is 1. The monoisotopic (exact) mass is 258 g/mol. The van der Waals surface area contributed by atoms with Gasteiger partial charge in [-0.25, -0.2) is 4.98 Å². The molecule has 0 aliphatic heterocycles. The lowest BCUT2D eigenvalue weighted by Gasteiger charge is -2.29. The Kier molecular flexibility index (Phi) is 3.64. The zero-order valence-electron chi connectivity index (χ0n) is 11.4. The van der Waals surface area contributed by atoms with E-state index >= 15 is 0 Å². The number of rotatable bonds is 4. The van der Waals surface area contributed by atoms with E-state index < -0.39 is 5.41 Å². The van der Waals surface area contributed by atoms with Crippen LogP contribution in [0.25, 0.3) is 0 Å². The molecule has 0 bridgehead atoms. The molecule has 1 heterocycles. The summed E-state index contributed by atoms with van der Waals surface area (Å²) in [5, 5.41) is 6.54. The number of amides is 1. The molecule has 0 aliphatic carbocycles. The van der Waals surface area contributed by atoms with Crippen molar-refractivity contribution >= 4 is 5.91 Å². The summed E-state index contributed by atoms with van der Waals surface area (Å²) in [6.07, 6.45) is 1.44. The van der Waals surface area contributed by atoms with Crippen LogP contribution in [-0.4, -0.2) is 33.0 Å². The molecule has 0 unspecified atom stereocenters. The third-order valence-corrected chi connectivity index (χ3v) is 3.23. The summed E-state index contributed by atoms with van der Waals surface area (Å²) in [4.78, 5) is 18.2. The minimum atomic E-state index is -0.559. The minimum absolute atomic E-state index is 0.0510. The van der Waals surface area contributed by atoms with E-state index in [0.717, 1.165) is 5.56 Å². The van der Waals surface area contributed by atoms with E-state index in [1.54, 1.807) is 11.9 Å². The summed E-state index contributed by atoms with van der Waals surface area (Å²) < 4.78 is 0. The first-order valence-corrected chi connectivity index (χ1v) is 6.17. The average Bonchev–Trinajstić information content (AvgIpc) is 2.91. The highest BCUT2D eigenvalue weighted by Crippen LogP contribution is 2.25. The predicted octanol–water partition coefficient (Wildman–Crippen LogP) is 1.74. The fourth-order valence-electron chi connectivity index (χ4n) is 2.06. The third-order valence-electron chi connectivity index (χ3n) is 3.23. The van der Waals surface area contributed by atoms with Crippen LogP contribution in [0, 0.1) is 0 Å². The molecule has 1 N–H and O–H groups in total. The maximum absolute atomic E-state index is 12.6. The summed E-state index contributed by atoms with van der Waals surface area (Å²) in [7, 11) is 1.77. The molecule has 1 aromatic heterocycles. The second kappa shape index (κ2) is 5.22. The number of carbonyl (C=O) groups excluding carboxylic acids is 1. The molecule has 0 radical (unpaired) electrons. The SMILES string of the molecule is CN(Cc1ncn[nH]1)C(=O)C(C)(C)c1ccccc1. The van der Waals surface area contributed by atoms with E-state index in [4.69, 9.17) is 0 Å². The molecule has 2 aromatic rings. The van der Waals surface area contributed by atoms with Crippen molar-refractivity contribution in [1.82, 2.24) is 20.1 Å². The quantitative estimate of drug-likeness (QED) is 0.908. The van der Waals surface area contributed by atoms with Gasteiger partial charge in [0, 0.05) is 7.05 Å². The Bertz CT molecular complexity index is 534. The third kappa shape index (κ3) is 2.81. The van der Waals surface area contributed by atoms with Crippen molar-refractivity contribution in [3.05, 3.63) is 48.0 Å². The van der Waals surface area contributed by atoms with E-state index in [0.29, 0.717) is 12.4 Å². The van der Waals surface area contributed by atoms with Crippen molar-refractivity contribution in [2.75, 3.05) is 7.05 Å². The summed E-state index contributed by atoms with van der Waals surface area (Å²) in [6.45, 7) is 4.29. The highest BCUT2D eigenvalue weighted by atomic mass is 16.2. The summed E-state index contributed by atoms with van der Waals surface area (Å²) >= 11 is 0. The van der Waals surface area contributed by atoms with Gasteiger partial charge in [-0.2, -0.15) is 5.10 Å². The fourth-order valence-corrected chi connectivity index (χ4v) is 2.06. The second-order valence-corrected chi connectivity index (χ2v) is 5.08. The van der Waals surface area contributed by atoms with Crippen molar-refractivity contribution in [2.45, 2.75) is 25.8 Å². The smallest absolute Gasteiger partial charge is 0.232 e. The normalized spacial score (nSPS) is 11.3. The maximum atomic E-state index is 12.6. The molecule has 0 saturated heterocycles. The molecule has 1 aromatic carbocycles. The second-order valence-electron chi connectivity index (χ2n) is 5.08. The van der Waals surface area contributed by atoms with Crippen LogP contribution >= 0.6 is 0 Å². The van der Waals surface area contributed by atoms with Gasteiger partial charge in [-0.1, -0.05) is 30.3 Å². The molecule has 19 heavy (non-hydrogen) atoms. The van der Waals surface area contributed by atoms with Gasteiger partial charge >= 0.3 is 0 Å². The van der Waals surface area contributed by atoms with E-state index in [-0.39, 0.29) is 5.91 Å². The van der Waals surface area contributed by atoms with E-state index in [1.165, 1.54) is 6.33 Å². The molecule has 5 nitrogen and oxygen atoms in total. The van der Waals surface area contributed by atoms with Crippen LogP contribution in [0.2, 0.25) is 0 Å². The van der Waals surface area contributed by atoms with Crippen molar-refractivity contribution in [3.8, 4) is 0 Å². The molecule has 0 aliphatic rings. The lowest BCUT2D eigenvalue weighted by Crippen LogP contribution is -2.41. The molecule has 100 valence electrons. The average molecular weight is 258 g/mol. The predicted molar refractivity (Wildman–Crippen MR) is 72.3 cm³/mol. The molecular formula is C14H18N4O. The van der Waals surface area contributed by atoms with E-state index in [2.05, 4.69) is 15.2 Å². The Balaban J connectivity index is 2.14. The first kappa shape index (κ1) is 13.3. The minimum Gasteiger partial charge on any atom is -0.337 e. The number of nitrogens with zero attached hydrogens (tertiary/aromatic N) is 3. The van der Waals surface area contributed by atoms with E-state index in [1.807, 2.05) is 44.2 Å². The Morgan fingerprint density at radius 1 is 1.32 bits per heavy atom. The van der Waals surface area contributed by atoms with Gasteiger partial charge in [-0.15, -0.1) is 0 Å². The fraction of sp³-hybridized carbons (Fsp3) is 0.357. The van der Waals surface area contributed by atoms with Gasteiger partial charge in [0.2, 0.25) is 5.91 Å². The standard InChI is InChI=1S/C14H18N4O/c1-14(2,11-7-5-4-6-8-11)13(19)18(3)9-12-15-10-16-17-12/h4-8,10H,9H2,1-3H3,(H,15,16,17). The first-order valence-electron chi connectivity index (χ1n) is 6.17. The lowest BCUT2D eigenvalue weighted by molar-refractivity contribution is -0.135. The van der Waals surface area contributed by atoms with E-state index in [9.17, 15) is 4.79 Å². The number of H-pyrrole nitrogens is 1. The molecule has 2 rings (SSSR count). The van der Waals surface area contributed by atoms with Crippen molar-refractivity contribution < 1.29 is 4.79 Å². The maximum Gasteiger partial charge on any atom is 0.232 e. The Morgan fingerprint density at radius 2 is 2.00 bits per heavy atom. The van der Waals surface area contributed by atoms with Gasteiger partial charge < -0.3 is 4.90 Å². The Morgan fingerprint density at radius 3 is 2.58 bits per heavy atom. The van der Waals surface area contributed by atoms with Crippen LogP contribution in [0.5, 0.6) is 0 Å². The van der Waals surface area contributed by atoms with Crippen LogP contribution in [0.3, 0.4) is 0 Å². The van der Waals surface area contributed by atoms with Gasteiger partial charge in [0.25, 0.3) is 0 Å². The van der Waals surface area contributed by atoms with Crippen molar-refractivity contribution in [2.24, 2.45) is 0 Å². The van der Waals surface area contributed by atoms with Gasteiger partial charge in [0.15, 0.2) is 0 Å². The van der Waals surface area contributed by atoms with Crippen molar-refractivity contribution in [1.29, 1.82) is 0 Å². The zero-order valence-corrected chi connectivity index (χ0v) is 11.4. The Hall–Kier alpha value is -2.17. The van der Waals surface area contributed by atoms with Gasteiger partial charge in [0.05, 0.1) is 12.0 Å². The van der Waals surface area contributed by atoms with Crippen LogP contribution < -0.4 is 0 Å². The van der Waals surface area contributed by atoms with Crippen molar-refractivity contribution in [3.63, 3.8) is 0 Å². The van der Waals surface area contributed by atoms with Gasteiger partial charge in [-0.3, -0.25) is 9.89 Å². The lowest BCUT2D eigenvalue weighted by atomic mass is 9.83. The Labute approximate surface area is 112 Å². The number of likely N-dealkylation sites (N-methyl/N-ethyl adjacent to an activating group) is 1.